The average molecular weight is 409 g/mol. The highest BCUT2D eigenvalue weighted by Crippen LogP contribution is 2.64. The van der Waals surface area contributed by atoms with Gasteiger partial charge in [-0.2, -0.15) is 0 Å². The van der Waals surface area contributed by atoms with Gasteiger partial charge in [0.15, 0.2) is 0 Å². The van der Waals surface area contributed by atoms with Crippen molar-refractivity contribution in [1.29, 1.82) is 0 Å². The monoisotopic (exact) mass is 407 g/mol. The number of carbonyl (C=O) groups is 1. The summed E-state index contributed by atoms with van der Waals surface area (Å²) in [6.07, 6.45) is 0. The lowest BCUT2D eigenvalue weighted by Gasteiger charge is -2.11. The van der Waals surface area contributed by atoms with E-state index in [1.54, 1.807) is 25.3 Å². The van der Waals surface area contributed by atoms with Crippen LogP contribution in [0.2, 0.25) is 5.02 Å². The quantitative estimate of drug-likeness (QED) is 0.726. The fraction of sp³-hybridized carbons (Fsp3) is 0.316. The minimum atomic E-state index is -0.0811. The van der Waals surface area contributed by atoms with Crippen LogP contribution in [-0.2, 0) is 4.79 Å². The molecule has 2 aromatic rings. The van der Waals surface area contributed by atoms with Crippen molar-refractivity contribution in [2.45, 2.75) is 19.8 Å². The van der Waals surface area contributed by atoms with E-state index in [1.807, 2.05) is 12.1 Å². The van der Waals surface area contributed by atoms with Gasteiger partial charge < -0.3 is 10.1 Å². The Morgan fingerprint density at radius 2 is 1.88 bits per heavy atom. The molecule has 0 saturated heterocycles. The summed E-state index contributed by atoms with van der Waals surface area (Å²) in [5, 5.41) is 3.53. The molecule has 1 saturated carbocycles. The van der Waals surface area contributed by atoms with E-state index in [0.29, 0.717) is 16.5 Å². The predicted octanol–water partition coefficient (Wildman–Crippen LogP) is 5.49. The zero-order chi connectivity index (χ0) is 17.5. The highest BCUT2D eigenvalue weighted by molar-refractivity contribution is 9.10. The molecule has 0 radical (unpaired) electrons. The maximum Gasteiger partial charge on any atom is 0.228 e. The maximum atomic E-state index is 12.8. The van der Waals surface area contributed by atoms with Crippen LogP contribution >= 0.6 is 27.5 Å². The number of methoxy groups -OCH3 is 1. The zero-order valence-corrected chi connectivity index (χ0v) is 16.1. The molecule has 1 aliphatic rings. The van der Waals surface area contributed by atoms with Gasteiger partial charge in [-0.05, 0) is 41.3 Å². The number of amides is 1. The van der Waals surface area contributed by atoms with E-state index >= 15 is 0 Å². The van der Waals surface area contributed by atoms with Gasteiger partial charge >= 0.3 is 0 Å². The molecule has 126 valence electrons. The smallest absolute Gasteiger partial charge is 0.228 e. The fourth-order valence-corrected chi connectivity index (χ4v) is 3.84. The second-order valence-electron chi connectivity index (χ2n) is 6.66. The van der Waals surface area contributed by atoms with Gasteiger partial charge in [0.2, 0.25) is 5.91 Å². The van der Waals surface area contributed by atoms with Crippen molar-refractivity contribution in [2.75, 3.05) is 12.4 Å². The molecule has 24 heavy (non-hydrogen) atoms. The summed E-state index contributed by atoms with van der Waals surface area (Å²) in [5.41, 5.74) is 1.71. The predicted molar refractivity (Wildman–Crippen MR) is 101 cm³/mol. The van der Waals surface area contributed by atoms with E-state index in [9.17, 15) is 4.79 Å². The van der Waals surface area contributed by atoms with Gasteiger partial charge in [-0.25, -0.2) is 0 Å². The number of halogens is 2. The molecule has 1 fully saturated rings. The van der Waals surface area contributed by atoms with Crippen molar-refractivity contribution >= 4 is 39.1 Å². The van der Waals surface area contributed by atoms with Gasteiger partial charge in [0.25, 0.3) is 0 Å². The summed E-state index contributed by atoms with van der Waals surface area (Å²) >= 11 is 9.49. The molecule has 1 N–H and O–H groups in total. The average Bonchev–Trinajstić information content (AvgIpc) is 3.11. The van der Waals surface area contributed by atoms with Crippen LogP contribution < -0.4 is 10.1 Å². The van der Waals surface area contributed by atoms with Crippen LogP contribution in [0.4, 0.5) is 5.69 Å². The molecule has 0 aromatic heterocycles. The highest BCUT2D eigenvalue weighted by atomic mass is 79.9. The number of hydrogen-bond acceptors (Lipinski definition) is 2. The van der Waals surface area contributed by atoms with Crippen LogP contribution in [-0.4, -0.2) is 13.0 Å². The summed E-state index contributed by atoms with van der Waals surface area (Å²) in [7, 11) is 1.57. The van der Waals surface area contributed by atoms with Crippen LogP contribution in [0.3, 0.4) is 0 Å². The largest absolute Gasteiger partial charge is 0.495 e. The first kappa shape index (κ1) is 17.3. The molecule has 0 bridgehead atoms. The Labute approximate surface area is 155 Å². The van der Waals surface area contributed by atoms with Gasteiger partial charge in [-0.15, -0.1) is 0 Å². The van der Waals surface area contributed by atoms with Crippen LogP contribution in [0, 0.1) is 11.3 Å². The van der Waals surface area contributed by atoms with Gasteiger partial charge in [0, 0.05) is 15.4 Å². The molecule has 5 heteroatoms. The second kappa shape index (κ2) is 6.41. The lowest BCUT2D eigenvalue weighted by Crippen LogP contribution is -2.17. The van der Waals surface area contributed by atoms with Crippen molar-refractivity contribution in [3.63, 3.8) is 0 Å². The molecular weight excluding hydrogens is 390 g/mol. The van der Waals surface area contributed by atoms with E-state index in [-0.39, 0.29) is 23.2 Å². The van der Waals surface area contributed by atoms with E-state index in [1.165, 1.54) is 5.56 Å². The summed E-state index contributed by atoms with van der Waals surface area (Å²) in [6, 6.07) is 13.4. The molecule has 1 amide bonds. The third kappa shape index (κ3) is 3.17. The molecule has 1 aliphatic carbocycles. The van der Waals surface area contributed by atoms with Gasteiger partial charge in [0.1, 0.15) is 5.75 Å². The maximum absolute atomic E-state index is 12.8. The van der Waals surface area contributed by atoms with E-state index in [2.05, 4.69) is 47.2 Å². The molecule has 0 heterocycles. The Morgan fingerprint density at radius 1 is 1.21 bits per heavy atom. The molecule has 0 unspecified atom stereocenters. The SMILES string of the molecule is COc1ccc(Cl)cc1NC(=O)[C@H]1[C@H](c2ccc(Br)cc2)C1(C)C. The van der Waals surface area contributed by atoms with E-state index in [0.717, 1.165) is 4.47 Å². The number of rotatable bonds is 4. The van der Waals surface area contributed by atoms with Crippen molar-refractivity contribution in [2.24, 2.45) is 11.3 Å². The molecule has 3 nitrogen and oxygen atoms in total. The van der Waals surface area contributed by atoms with Crippen LogP contribution in [0.25, 0.3) is 0 Å². The van der Waals surface area contributed by atoms with Crippen LogP contribution in [0.1, 0.15) is 25.3 Å². The Balaban J connectivity index is 1.81. The number of benzene rings is 2. The van der Waals surface area contributed by atoms with Crippen molar-refractivity contribution in [3.8, 4) is 5.75 Å². The van der Waals surface area contributed by atoms with Crippen molar-refractivity contribution < 1.29 is 9.53 Å². The minimum Gasteiger partial charge on any atom is -0.495 e. The summed E-state index contributed by atoms with van der Waals surface area (Å²) < 4.78 is 6.34. The van der Waals surface area contributed by atoms with Crippen molar-refractivity contribution in [1.82, 2.24) is 0 Å². The minimum absolute atomic E-state index is 0.00603. The molecule has 0 spiro atoms. The topological polar surface area (TPSA) is 38.3 Å². The van der Waals surface area contributed by atoms with Crippen LogP contribution in [0.5, 0.6) is 5.75 Å². The number of ether oxygens (including phenoxy) is 1. The second-order valence-corrected chi connectivity index (χ2v) is 8.01. The molecule has 0 aliphatic heterocycles. The molecule has 3 rings (SSSR count). The normalized spacial score (nSPS) is 21.2. The first-order chi connectivity index (χ1) is 11.3. The Kier molecular flexibility index (Phi) is 4.63. The summed E-state index contributed by atoms with van der Waals surface area (Å²) in [4.78, 5) is 12.8. The number of anilines is 1. The molecule has 2 aromatic carbocycles. The van der Waals surface area contributed by atoms with Crippen LogP contribution in [0.15, 0.2) is 46.9 Å². The zero-order valence-electron chi connectivity index (χ0n) is 13.8. The van der Waals surface area contributed by atoms with E-state index in [4.69, 9.17) is 16.3 Å². The Hall–Kier alpha value is -1.52. The highest BCUT2D eigenvalue weighted by Gasteiger charge is 2.62. The third-order valence-electron chi connectivity index (χ3n) is 4.76. The van der Waals surface area contributed by atoms with Crippen molar-refractivity contribution in [3.05, 3.63) is 57.5 Å². The molecular formula is C19H19BrClNO2. The standard InChI is InChI=1S/C19H19BrClNO2/c1-19(2)16(11-4-6-12(20)7-5-11)17(19)18(23)22-14-10-13(21)8-9-15(14)24-3/h4-10,16-17H,1-3H3,(H,22,23)/t16-,17+/m0/s1. The first-order valence-corrected chi connectivity index (χ1v) is 8.91. The number of hydrogen-bond donors (Lipinski definition) is 1. The Morgan fingerprint density at radius 3 is 2.50 bits per heavy atom. The van der Waals surface area contributed by atoms with Gasteiger partial charge in [0.05, 0.1) is 18.7 Å². The van der Waals surface area contributed by atoms with Gasteiger partial charge in [-0.1, -0.05) is 53.5 Å². The first-order valence-electron chi connectivity index (χ1n) is 7.74. The molecule has 2 atom stereocenters. The summed E-state index contributed by atoms with van der Waals surface area (Å²) in [6.45, 7) is 4.25. The lowest BCUT2D eigenvalue weighted by atomic mass is 10.0. The fourth-order valence-electron chi connectivity index (χ4n) is 3.41. The lowest BCUT2D eigenvalue weighted by molar-refractivity contribution is -0.118. The van der Waals surface area contributed by atoms with Gasteiger partial charge in [-0.3, -0.25) is 4.79 Å². The summed E-state index contributed by atoms with van der Waals surface area (Å²) in [5.74, 6) is 0.720. The number of nitrogens with one attached hydrogen (secondary N) is 1. The Bertz CT molecular complexity index is 773. The van der Waals surface area contributed by atoms with E-state index < -0.39 is 0 Å². The third-order valence-corrected chi connectivity index (χ3v) is 5.52. The number of carbonyl (C=O) groups excluding carboxylic acids is 1.